The van der Waals surface area contributed by atoms with Gasteiger partial charge in [-0.15, -0.1) is 23.1 Å². The first-order chi connectivity index (χ1) is 9.13. The third kappa shape index (κ3) is 4.97. The summed E-state index contributed by atoms with van der Waals surface area (Å²) < 4.78 is 13.8. The van der Waals surface area contributed by atoms with Crippen molar-refractivity contribution >= 4 is 44.9 Å². The van der Waals surface area contributed by atoms with Crippen molar-refractivity contribution in [3.05, 3.63) is 50.9 Å². The topological polar surface area (TPSA) is 29.1 Å². The van der Waals surface area contributed by atoms with Crippen molar-refractivity contribution in [2.75, 3.05) is 5.75 Å². The van der Waals surface area contributed by atoms with E-state index in [0.717, 1.165) is 13.6 Å². The highest BCUT2D eigenvalue weighted by Gasteiger charge is 2.04. The summed E-state index contributed by atoms with van der Waals surface area (Å²) in [5, 5.41) is 2.85. The molecule has 1 amide bonds. The molecule has 0 aliphatic carbocycles. The second-order valence-corrected chi connectivity index (χ2v) is 7.32. The highest BCUT2D eigenvalue weighted by molar-refractivity contribution is 9.11. The monoisotopic (exact) mass is 359 g/mol. The van der Waals surface area contributed by atoms with Crippen molar-refractivity contribution in [3.63, 3.8) is 0 Å². The maximum Gasteiger partial charge on any atom is 0.230 e. The summed E-state index contributed by atoms with van der Waals surface area (Å²) in [5.41, 5.74) is 0. The number of hydrogen-bond acceptors (Lipinski definition) is 3. The minimum absolute atomic E-state index is 0.0288. The van der Waals surface area contributed by atoms with E-state index in [1.165, 1.54) is 23.9 Å². The zero-order valence-corrected chi connectivity index (χ0v) is 13.1. The van der Waals surface area contributed by atoms with E-state index in [9.17, 15) is 9.18 Å². The zero-order valence-electron chi connectivity index (χ0n) is 9.86. The van der Waals surface area contributed by atoms with E-state index >= 15 is 0 Å². The molecule has 0 atom stereocenters. The molecule has 2 aromatic rings. The van der Waals surface area contributed by atoms with Gasteiger partial charge < -0.3 is 5.32 Å². The molecule has 1 aromatic heterocycles. The average molecular weight is 360 g/mol. The summed E-state index contributed by atoms with van der Waals surface area (Å²) in [4.78, 5) is 13.6. The second-order valence-electron chi connectivity index (χ2n) is 3.73. The molecule has 0 radical (unpaired) electrons. The molecule has 0 saturated heterocycles. The molecule has 0 saturated carbocycles. The molecule has 19 heavy (non-hydrogen) atoms. The Morgan fingerprint density at radius 3 is 2.63 bits per heavy atom. The predicted octanol–water partition coefficient (Wildman–Crippen LogP) is 4.06. The first-order valence-electron chi connectivity index (χ1n) is 5.53. The molecule has 0 fully saturated rings. The number of amides is 1. The Hall–Kier alpha value is -0.850. The second kappa shape index (κ2) is 7.07. The first-order valence-corrected chi connectivity index (χ1v) is 8.12. The predicted molar refractivity (Wildman–Crippen MR) is 81.0 cm³/mol. The number of nitrogens with one attached hydrogen (secondary N) is 1. The van der Waals surface area contributed by atoms with Gasteiger partial charge in [0.1, 0.15) is 5.82 Å². The minimum Gasteiger partial charge on any atom is -0.350 e. The van der Waals surface area contributed by atoms with E-state index in [0.29, 0.717) is 12.3 Å². The summed E-state index contributed by atoms with van der Waals surface area (Å²) in [6.45, 7) is 0.541. The van der Waals surface area contributed by atoms with Crippen LogP contribution in [0.25, 0.3) is 0 Å². The van der Waals surface area contributed by atoms with E-state index in [4.69, 9.17) is 0 Å². The first kappa shape index (κ1) is 14.6. The fourth-order valence-electron chi connectivity index (χ4n) is 1.36. The van der Waals surface area contributed by atoms with Gasteiger partial charge in [-0.05, 0) is 52.3 Å². The van der Waals surface area contributed by atoms with Gasteiger partial charge in [-0.2, -0.15) is 0 Å². The van der Waals surface area contributed by atoms with Crippen LogP contribution in [0.2, 0.25) is 0 Å². The molecule has 1 heterocycles. The average Bonchev–Trinajstić information content (AvgIpc) is 2.81. The quantitative estimate of drug-likeness (QED) is 0.815. The summed E-state index contributed by atoms with van der Waals surface area (Å²) >= 11 is 6.37. The summed E-state index contributed by atoms with van der Waals surface area (Å²) in [7, 11) is 0. The summed E-state index contributed by atoms with van der Waals surface area (Å²) in [5.74, 6) is 0.0361. The third-order valence-corrected chi connectivity index (χ3v) is 4.91. The van der Waals surface area contributed by atoms with Crippen molar-refractivity contribution < 1.29 is 9.18 Å². The van der Waals surface area contributed by atoms with Crippen LogP contribution in [0.4, 0.5) is 4.39 Å². The van der Waals surface area contributed by atoms with Gasteiger partial charge in [0.15, 0.2) is 0 Å². The van der Waals surface area contributed by atoms with E-state index in [1.54, 1.807) is 23.5 Å². The van der Waals surface area contributed by atoms with Crippen LogP contribution in [0.1, 0.15) is 4.88 Å². The van der Waals surface area contributed by atoms with Crippen molar-refractivity contribution in [1.29, 1.82) is 0 Å². The highest BCUT2D eigenvalue weighted by Crippen LogP contribution is 2.22. The van der Waals surface area contributed by atoms with Crippen LogP contribution in [0.15, 0.2) is 45.1 Å². The van der Waals surface area contributed by atoms with Crippen LogP contribution in [-0.2, 0) is 11.3 Å². The Bertz CT molecular complexity index is 556. The smallest absolute Gasteiger partial charge is 0.230 e. The van der Waals surface area contributed by atoms with Gasteiger partial charge in [0.05, 0.1) is 16.1 Å². The molecule has 0 aliphatic heterocycles. The number of carbonyl (C=O) groups is 1. The molecule has 0 spiro atoms. The number of rotatable bonds is 5. The van der Waals surface area contributed by atoms with Crippen LogP contribution < -0.4 is 5.32 Å². The fraction of sp³-hybridized carbons (Fsp3) is 0.154. The Balaban J connectivity index is 1.74. The molecule has 0 aliphatic rings. The Labute approximate surface area is 127 Å². The number of thioether (sulfide) groups is 1. The lowest BCUT2D eigenvalue weighted by Crippen LogP contribution is -2.24. The van der Waals surface area contributed by atoms with Crippen molar-refractivity contribution in [2.24, 2.45) is 0 Å². The molecule has 2 rings (SSSR count). The van der Waals surface area contributed by atoms with Gasteiger partial charge in [-0.1, -0.05) is 0 Å². The molecule has 0 unspecified atom stereocenters. The van der Waals surface area contributed by atoms with Gasteiger partial charge in [0.2, 0.25) is 5.91 Å². The largest absolute Gasteiger partial charge is 0.350 e. The van der Waals surface area contributed by atoms with Crippen LogP contribution in [0, 0.1) is 5.82 Å². The van der Waals surface area contributed by atoms with Gasteiger partial charge >= 0.3 is 0 Å². The van der Waals surface area contributed by atoms with Gasteiger partial charge in [-0.3, -0.25) is 4.79 Å². The van der Waals surface area contributed by atoms with Crippen LogP contribution in [0.5, 0.6) is 0 Å². The summed E-state index contributed by atoms with van der Waals surface area (Å²) in [6, 6.07) is 10.1. The van der Waals surface area contributed by atoms with Crippen LogP contribution >= 0.6 is 39.0 Å². The van der Waals surface area contributed by atoms with Gasteiger partial charge in [0, 0.05) is 9.77 Å². The van der Waals surface area contributed by atoms with E-state index in [1.807, 2.05) is 12.1 Å². The zero-order chi connectivity index (χ0) is 13.7. The molecule has 100 valence electrons. The van der Waals surface area contributed by atoms with Gasteiger partial charge in [0.25, 0.3) is 0 Å². The molecule has 1 N–H and O–H groups in total. The number of carbonyl (C=O) groups excluding carboxylic acids is 1. The maximum absolute atomic E-state index is 12.7. The van der Waals surface area contributed by atoms with Crippen molar-refractivity contribution in [3.8, 4) is 0 Å². The lowest BCUT2D eigenvalue weighted by Gasteiger charge is -2.03. The molecule has 6 heteroatoms. The molecule has 2 nitrogen and oxygen atoms in total. The SMILES string of the molecule is O=C(CSc1ccc(F)cc1)NCc1ccc(Br)s1. The number of halogens is 2. The number of hydrogen-bond donors (Lipinski definition) is 1. The highest BCUT2D eigenvalue weighted by atomic mass is 79.9. The summed E-state index contributed by atoms with van der Waals surface area (Å²) in [6.07, 6.45) is 0. The normalized spacial score (nSPS) is 10.4. The van der Waals surface area contributed by atoms with E-state index in [-0.39, 0.29) is 11.7 Å². The number of benzene rings is 1. The minimum atomic E-state index is -0.267. The van der Waals surface area contributed by atoms with Crippen molar-refractivity contribution in [1.82, 2.24) is 5.32 Å². The standard InChI is InChI=1S/C13H11BrFNOS2/c14-12-6-5-11(19-12)7-16-13(17)8-18-10-3-1-9(15)2-4-10/h1-6H,7-8H2,(H,16,17). The third-order valence-electron chi connectivity index (χ3n) is 2.27. The lowest BCUT2D eigenvalue weighted by atomic mass is 10.4. The Kier molecular flexibility index (Phi) is 5.42. The Morgan fingerprint density at radius 2 is 2.00 bits per heavy atom. The Morgan fingerprint density at radius 1 is 1.26 bits per heavy atom. The molecule has 1 aromatic carbocycles. The molecular formula is C13H11BrFNOS2. The fourth-order valence-corrected chi connectivity index (χ4v) is 3.51. The molecule has 0 bridgehead atoms. The van der Waals surface area contributed by atoms with Gasteiger partial charge in [-0.25, -0.2) is 4.39 Å². The maximum atomic E-state index is 12.7. The number of thiophene rings is 1. The van der Waals surface area contributed by atoms with Crippen LogP contribution in [0.3, 0.4) is 0 Å². The van der Waals surface area contributed by atoms with Crippen molar-refractivity contribution in [2.45, 2.75) is 11.4 Å². The molecular weight excluding hydrogens is 349 g/mol. The lowest BCUT2D eigenvalue weighted by molar-refractivity contribution is -0.118. The van der Waals surface area contributed by atoms with E-state index in [2.05, 4.69) is 21.2 Å². The van der Waals surface area contributed by atoms with E-state index < -0.39 is 0 Å². The van der Waals surface area contributed by atoms with Crippen LogP contribution in [-0.4, -0.2) is 11.7 Å².